The highest BCUT2D eigenvalue weighted by Gasteiger charge is 2.31. The van der Waals surface area contributed by atoms with E-state index in [2.05, 4.69) is 319 Å². The Morgan fingerprint density at radius 2 is 0.710 bits per heavy atom. The minimum atomic E-state index is -3.47. The molecule has 0 bridgehead atoms. The van der Waals surface area contributed by atoms with Crippen LogP contribution in [-0.4, -0.2) is 136 Å². The summed E-state index contributed by atoms with van der Waals surface area (Å²) < 4.78 is 69.0. The number of anilines is 2. The average Bonchev–Trinajstić information content (AvgIpc) is 1.02. The number of benzene rings is 10. The number of ether oxygens (including phenoxy) is 6. The molecule has 0 spiro atoms. The highest BCUT2D eigenvalue weighted by molar-refractivity contribution is 14.1. The van der Waals surface area contributed by atoms with Crippen LogP contribution < -0.4 is 60.1 Å². The molecule has 0 radical (unpaired) electrons. The first-order chi connectivity index (χ1) is 60.7. The number of aryl methyl sites for hydroxylation is 2. The van der Waals surface area contributed by atoms with Crippen LogP contribution in [0.2, 0.25) is 0 Å². The van der Waals surface area contributed by atoms with Crippen molar-refractivity contribution in [2.75, 3.05) is 85.5 Å². The molecule has 5 atom stereocenters. The highest BCUT2D eigenvalue weighted by atomic mass is 127. The molecule has 40 heteroatoms. The number of rotatable bonds is 19. The Balaban J connectivity index is 0.000000219. The summed E-state index contributed by atoms with van der Waals surface area (Å²) in [6, 6.07) is 40.1. The molecule has 15 rings (SSSR count). The van der Waals surface area contributed by atoms with E-state index in [1.807, 2.05) is 37.3 Å². The second-order valence-corrected chi connectivity index (χ2v) is 44.0. The third kappa shape index (κ3) is 30.7. The van der Waals surface area contributed by atoms with Crippen molar-refractivity contribution in [3.8, 4) is 63.2 Å². The number of phenols is 5. The summed E-state index contributed by atoms with van der Waals surface area (Å²) in [4.78, 5) is 28.8. The first kappa shape index (κ1) is 114. The number of aliphatic carboxylic acids is 2. The molecule has 10 aromatic rings. The number of carbonyl (C=O) groups is 2. The molecule has 0 saturated carbocycles. The molecule has 10 aromatic carbocycles. The zero-order valence-electron chi connectivity index (χ0n) is 71.7. The maximum atomic E-state index is 11.6. The zero-order valence-corrected chi connectivity index (χ0v) is 96.6. The van der Waals surface area contributed by atoms with Crippen molar-refractivity contribution in [1.29, 1.82) is 0 Å². The average molecular weight is 3000 g/mol. The number of hydrogen-bond acceptors (Lipinski definition) is 22. The summed E-state index contributed by atoms with van der Waals surface area (Å²) in [5, 5.41) is 89.9. The second kappa shape index (κ2) is 52.8. The fourth-order valence-electron chi connectivity index (χ4n) is 16.1. The quantitative estimate of drug-likeness (QED) is 0.00893. The summed E-state index contributed by atoms with van der Waals surface area (Å²) in [5.41, 5.74) is 24.9. The number of methoxy groups -OCH3 is 6. The van der Waals surface area contributed by atoms with E-state index < -0.39 is 26.9 Å². The molecule has 5 aliphatic rings. The van der Waals surface area contributed by atoms with Crippen molar-refractivity contribution < 1.29 is 87.1 Å². The van der Waals surface area contributed by atoms with Gasteiger partial charge in [-0.05, 0) is 540 Å². The largest absolute Gasteiger partial charge is 0.508 e. The number of aromatic hydroxyl groups is 5. The topological polar surface area (TPSA) is 395 Å². The van der Waals surface area contributed by atoms with Crippen LogP contribution in [0.3, 0.4) is 0 Å². The molecule has 14 N–H and O–H groups in total. The fourth-order valence-corrected chi connectivity index (χ4v) is 28.4. The number of halogens is 13. The van der Waals surface area contributed by atoms with E-state index >= 15 is 0 Å². The lowest BCUT2D eigenvalue weighted by atomic mass is 9.79. The highest BCUT2D eigenvalue weighted by Crippen LogP contribution is 2.45. The van der Waals surface area contributed by atoms with Crippen molar-refractivity contribution in [3.63, 3.8) is 0 Å². The number of nitrogen functional groups attached to an aromatic ring is 1. The van der Waals surface area contributed by atoms with E-state index in [4.69, 9.17) is 54.0 Å². The maximum Gasteiger partial charge on any atom is 0.414 e. The van der Waals surface area contributed by atoms with Crippen molar-refractivity contribution in [3.05, 3.63) is 256 Å². The molecule has 0 fully saturated rings. The van der Waals surface area contributed by atoms with E-state index in [9.17, 15) is 44.1 Å². The molecule has 4 aliphatic heterocycles. The Morgan fingerprint density at radius 3 is 1.04 bits per heavy atom. The summed E-state index contributed by atoms with van der Waals surface area (Å²) in [7, 11) is 6.58. The molecular formula is C91H98Cl3I10N7O19S. The first-order valence-electron chi connectivity index (χ1n) is 39.9. The molecule has 1 aliphatic carbocycles. The molecule has 0 saturated heterocycles. The molecule has 0 unspecified atom stereocenters. The fraction of sp³-hybridized carbons (Fsp3) is 0.319. The predicted octanol–water partition coefficient (Wildman–Crippen LogP) is 21.0. The molecule has 131 heavy (non-hydrogen) atoms. The second-order valence-electron chi connectivity index (χ2n) is 30.6. The van der Waals surface area contributed by atoms with Gasteiger partial charge in [0.15, 0.2) is 17.2 Å². The number of carboxylic acid groups (broad SMARTS) is 2. The number of nitro benzene ring substituents is 1. The van der Waals surface area contributed by atoms with Crippen molar-refractivity contribution in [2.45, 2.75) is 114 Å². The number of nitrogens with one attached hydrogen (secondary N) is 5. The van der Waals surface area contributed by atoms with Gasteiger partial charge in [0, 0.05) is 30.2 Å². The van der Waals surface area contributed by atoms with Crippen molar-refractivity contribution >= 4 is 302 Å². The smallest absolute Gasteiger partial charge is 0.414 e. The van der Waals surface area contributed by atoms with Gasteiger partial charge in [-0.3, -0.25) is 14.8 Å². The minimum Gasteiger partial charge on any atom is -0.508 e. The van der Waals surface area contributed by atoms with Gasteiger partial charge in [0.25, 0.3) is 0 Å². The van der Waals surface area contributed by atoms with Crippen LogP contribution in [-0.2, 0) is 83.8 Å². The number of hydrogen-bond donors (Lipinski definition) is 13. The van der Waals surface area contributed by atoms with Crippen molar-refractivity contribution in [1.82, 2.24) is 21.3 Å². The molecular weight excluding hydrogens is 2900 g/mol. The van der Waals surface area contributed by atoms with Gasteiger partial charge >= 0.3 is 17.6 Å². The van der Waals surface area contributed by atoms with Crippen LogP contribution in [0.1, 0.15) is 132 Å². The molecule has 0 amide bonds. The maximum absolute atomic E-state index is 11.6. The Morgan fingerprint density at radius 1 is 0.412 bits per heavy atom. The van der Waals surface area contributed by atoms with E-state index in [0.717, 1.165) is 201 Å². The molecule has 4 heterocycles. The molecule has 0 aromatic heterocycles. The van der Waals surface area contributed by atoms with Gasteiger partial charge in [0.05, 0.1) is 101 Å². The first-order valence-corrected chi connectivity index (χ1v) is 52.6. The number of nitro groups is 1. The lowest BCUT2D eigenvalue weighted by Gasteiger charge is -2.28. The van der Waals surface area contributed by atoms with Crippen LogP contribution in [0.4, 0.5) is 17.1 Å². The van der Waals surface area contributed by atoms with Crippen LogP contribution in [0.25, 0.3) is 0 Å². The van der Waals surface area contributed by atoms with Crippen LogP contribution in [0, 0.1) is 52.7 Å². The molecule has 26 nitrogen and oxygen atoms in total. The monoisotopic (exact) mass is 3000 g/mol. The minimum absolute atomic E-state index is 0. The van der Waals surface area contributed by atoms with Gasteiger partial charge < -0.3 is 91.2 Å². The van der Waals surface area contributed by atoms with Crippen LogP contribution in [0.5, 0.6) is 63.2 Å². The van der Waals surface area contributed by atoms with Gasteiger partial charge in [-0.15, -0.1) is 37.2 Å². The lowest BCUT2D eigenvalue weighted by molar-refractivity contribution is -0.386. The number of nitrogens with zero attached hydrogens (tertiary/aromatic N) is 1. The summed E-state index contributed by atoms with van der Waals surface area (Å²) in [6.07, 6.45) is 12.1. The van der Waals surface area contributed by atoms with E-state index in [0.29, 0.717) is 29.5 Å². The molecule has 708 valence electrons. The predicted molar refractivity (Wildman–Crippen MR) is 603 cm³/mol. The van der Waals surface area contributed by atoms with Crippen molar-refractivity contribution in [2.24, 2.45) is 0 Å². The Bertz CT molecular complexity index is 5670. The number of fused-ring (bicyclic) bond motifs is 5. The summed E-state index contributed by atoms with van der Waals surface area (Å²) >= 11 is 23.0. The van der Waals surface area contributed by atoms with E-state index in [1.54, 1.807) is 54.8 Å². The van der Waals surface area contributed by atoms with Crippen LogP contribution in [0.15, 0.2) is 121 Å². The number of carboxylic acids is 2. The lowest BCUT2D eigenvalue weighted by Crippen LogP contribution is -2.31. The number of sulfonamides is 1. The standard InChI is InChI=1S/C18H20I2N2O4S.C18H19I2NO3.2C18H19I2NO2.C17H16I2N2O4.C2H2O4.3ClH/c1-26-18-13(19)5-10(6-14(18)20)7-15-12-9-16(22-27(2,24)25)17(23)8-11(12)3-4-21-15;1-23-17-9-12-11(8-16(17)22)3-4-21-15(12)7-10-5-13(19)18(24-2)14(20)6-10;1-10-5-13-12(9-17(10)22)3-4-21-16(13)8-11-6-14(19)18(23-2)15(20)7-11;1-23-18-14(19)6-10(7-15(18)20)5-11-3-2-4-12-8-17(22)16(21)9-13(11)12;1-25-17-12(18)4-9(5-13(17)19)6-14-11-8-15(21(23)24)16(22)7-10(11)2-3-20-14;3-1(4)2(5)6;;;/h5-6,8-9,15,21-23H,3-4,7H2,1-2H3;5-6,8-9,15,21-22H,3-4,7H2,1-2H3;5-7,9,16,21-22H,3-4,8H2,1-2H3;6-9,11,22H,2-5,21H2,1H3;4-5,7-8,14,20,22H,2-3,6H2,1H3;(H,3,4)(H,5,6);3*1H/t2*15-;16-;11-;14-;;;;/m11011..../s1. The van der Waals surface area contributed by atoms with E-state index in [1.165, 1.54) is 67.8 Å². The number of phenolic OH excluding ortho intramolecular Hbond substituents is 5. The van der Waals surface area contributed by atoms with Crippen LogP contribution >= 0.6 is 263 Å². The SMILES string of the molecule is COc1c(I)cc(C[C@@H]2NCCc3cc(O)c(C)cc32)cc1I.COc1c(I)cc(C[C@H]2CCCc3cc(O)c(N)cc32)cc1I.COc1c(I)cc(C[C@H]2NCCc3cc(O)c(NS(C)(=O)=O)cc32)cc1I.COc1c(I)cc(C[C@H]2NCCc3cc(O)c([N+](=O)[O-])cc32)cc1I.COc1cc2c(cc1O)CCN[C@@H]2Cc1cc(I)c(OC)c(I)c1.Cl.Cl.Cl.O=C(O)C(=O)O. The number of nitrogens with two attached hydrogens (primary N) is 1. The van der Waals surface area contributed by atoms with Gasteiger partial charge in [0.2, 0.25) is 10.0 Å². The van der Waals surface area contributed by atoms with Gasteiger partial charge in [-0.2, -0.15) is 0 Å². The Labute approximate surface area is 916 Å². The third-order valence-electron chi connectivity index (χ3n) is 22.0. The Hall–Kier alpha value is -4.10. The van der Waals surface area contributed by atoms with Gasteiger partial charge in [-0.25, -0.2) is 18.0 Å². The summed E-state index contributed by atoms with van der Waals surface area (Å²) in [6.45, 7) is 5.40. The normalized spacial score (nSPS) is 15.9. The zero-order chi connectivity index (χ0) is 93.4. The van der Waals surface area contributed by atoms with Gasteiger partial charge in [0.1, 0.15) is 46.0 Å². The van der Waals surface area contributed by atoms with E-state index in [-0.39, 0.29) is 95.8 Å². The summed E-state index contributed by atoms with van der Waals surface area (Å²) in [5.74, 6) is 2.43. The Kier molecular flexibility index (Phi) is 45.9. The van der Waals surface area contributed by atoms with Gasteiger partial charge in [-0.1, -0.05) is 6.07 Å². The third-order valence-corrected chi connectivity index (χ3v) is 30.6.